The van der Waals surface area contributed by atoms with Crippen LogP contribution in [0.4, 0.5) is 0 Å². The highest BCUT2D eigenvalue weighted by Crippen LogP contribution is 2.33. The maximum Gasteiger partial charge on any atom is 0.105 e. The van der Waals surface area contributed by atoms with Crippen LogP contribution in [0.1, 0.15) is 31.6 Å². The van der Waals surface area contributed by atoms with E-state index < -0.39 is 0 Å². The molecule has 4 nitrogen and oxygen atoms in total. The van der Waals surface area contributed by atoms with Crippen LogP contribution >= 0.6 is 11.3 Å². The van der Waals surface area contributed by atoms with Gasteiger partial charge in [-0.05, 0) is 38.1 Å². The zero-order chi connectivity index (χ0) is 15.4. The Kier molecular flexibility index (Phi) is 5.52. The third-order valence-electron chi connectivity index (χ3n) is 4.70. The van der Waals surface area contributed by atoms with Gasteiger partial charge in [-0.2, -0.15) is 0 Å². The van der Waals surface area contributed by atoms with Gasteiger partial charge in [0, 0.05) is 37.1 Å². The van der Waals surface area contributed by atoms with E-state index in [-0.39, 0.29) is 5.60 Å². The summed E-state index contributed by atoms with van der Waals surface area (Å²) >= 11 is 1.80. The van der Waals surface area contributed by atoms with E-state index in [9.17, 15) is 0 Å². The summed E-state index contributed by atoms with van der Waals surface area (Å²) in [6, 6.07) is 4.83. The number of hydrogen-bond donors (Lipinski definition) is 1. The molecule has 0 saturated carbocycles. The van der Waals surface area contributed by atoms with Crippen LogP contribution in [-0.2, 0) is 16.0 Å². The lowest BCUT2D eigenvalue weighted by atomic mass is 9.99. The van der Waals surface area contributed by atoms with Gasteiger partial charge in [-0.15, -0.1) is 11.3 Å². The summed E-state index contributed by atoms with van der Waals surface area (Å²) in [5.41, 5.74) is -0.0873. The van der Waals surface area contributed by atoms with Crippen LogP contribution < -0.4 is 5.32 Å². The second-order valence-corrected chi connectivity index (χ2v) is 7.82. The Hall–Kier alpha value is -0.460. The Morgan fingerprint density at radius 3 is 3.18 bits per heavy atom. The van der Waals surface area contributed by atoms with Crippen LogP contribution in [0, 0.1) is 0 Å². The molecule has 2 fully saturated rings. The van der Waals surface area contributed by atoms with Crippen molar-refractivity contribution in [3.63, 3.8) is 0 Å². The van der Waals surface area contributed by atoms with Crippen molar-refractivity contribution in [2.24, 2.45) is 0 Å². The molecule has 1 aromatic rings. The molecule has 2 aliphatic heterocycles. The van der Waals surface area contributed by atoms with Crippen molar-refractivity contribution in [1.82, 2.24) is 10.2 Å². The molecule has 0 bridgehead atoms. The predicted octanol–water partition coefficient (Wildman–Crippen LogP) is 2.50. The summed E-state index contributed by atoms with van der Waals surface area (Å²) in [5, 5.41) is 5.66. The van der Waals surface area contributed by atoms with Gasteiger partial charge >= 0.3 is 0 Å². The smallest absolute Gasteiger partial charge is 0.105 e. The van der Waals surface area contributed by atoms with Crippen LogP contribution in [0.5, 0.6) is 0 Å². The lowest BCUT2D eigenvalue weighted by Gasteiger charge is -2.34. The first-order valence-electron chi connectivity index (χ1n) is 8.40. The number of hydrogen-bond acceptors (Lipinski definition) is 5. The Labute approximate surface area is 137 Å². The lowest BCUT2D eigenvalue weighted by Crippen LogP contribution is -2.47. The fourth-order valence-corrected chi connectivity index (χ4v) is 4.08. The number of ether oxygens (including phenoxy) is 2. The molecule has 22 heavy (non-hydrogen) atoms. The van der Waals surface area contributed by atoms with Gasteiger partial charge in [0.15, 0.2) is 0 Å². The first kappa shape index (κ1) is 16.4. The van der Waals surface area contributed by atoms with E-state index >= 15 is 0 Å². The molecule has 1 N–H and O–H groups in total. The molecule has 2 aliphatic rings. The SMILES string of the molecule is CC(C)N1CCOCC2(CCC(CNCc3cccs3)O2)C1. The van der Waals surface area contributed by atoms with Crippen molar-refractivity contribution in [3.05, 3.63) is 22.4 Å². The molecule has 0 amide bonds. The summed E-state index contributed by atoms with van der Waals surface area (Å²) < 4.78 is 12.3. The molecule has 2 atom stereocenters. The number of rotatable bonds is 5. The maximum atomic E-state index is 6.44. The summed E-state index contributed by atoms with van der Waals surface area (Å²) in [6.45, 7) is 9.99. The van der Waals surface area contributed by atoms with Gasteiger partial charge in [0.05, 0.1) is 19.3 Å². The zero-order valence-corrected chi connectivity index (χ0v) is 14.5. The summed E-state index contributed by atoms with van der Waals surface area (Å²) in [4.78, 5) is 3.88. The van der Waals surface area contributed by atoms with Gasteiger partial charge in [-0.25, -0.2) is 0 Å². The summed E-state index contributed by atoms with van der Waals surface area (Å²) in [7, 11) is 0. The Bertz CT molecular complexity index is 452. The molecule has 0 aromatic carbocycles. The normalized spacial score (nSPS) is 30.2. The highest BCUT2D eigenvalue weighted by Gasteiger charge is 2.43. The first-order valence-corrected chi connectivity index (χ1v) is 9.28. The van der Waals surface area contributed by atoms with Crippen molar-refractivity contribution < 1.29 is 9.47 Å². The summed E-state index contributed by atoms with van der Waals surface area (Å²) in [5.74, 6) is 0. The average molecular weight is 324 g/mol. The minimum absolute atomic E-state index is 0.0873. The Morgan fingerprint density at radius 2 is 2.41 bits per heavy atom. The number of thiophene rings is 1. The van der Waals surface area contributed by atoms with E-state index in [1.165, 1.54) is 4.88 Å². The first-order chi connectivity index (χ1) is 10.7. The molecular formula is C17H28N2O2S. The van der Waals surface area contributed by atoms with Gasteiger partial charge in [-0.3, -0.25) is 4.90 Å². The predicted molar refractivity (Wildman–Crippen MR) is 90.4 cm³/mol. The minimum atomic E-state index is -0.0873. The molecule has 2 unspecified atom stereocenters. The zero-order valence-electron chi connectivity index (χ0n) is 13.7. The Balaban J connectivity index is 1.49. The van der Waals surface area contributed by atoms with E-state index in [0.29, 0.717) is 12.1 Å². The van der Waals surface area contributed by atoms with Gasteiger partial charge in [0.1, 0.15) is 5.60 Å². The van der Waals surface area contributed by atoms with Crippen LogP contribution in [-0.4, -0.2) is 55.5 Å². The van der Waals surface area contributed by atoms with Crippen molar-refractivity contribution in [3.8, 4) is 0 Å². The van der Waals surface area contributed by atoms with E-state index in [2.05, 4.69) is 41.6 Å². The third kappa shape index (κ3) is 4.09. The molecule has 0 aliphatic carbocycles. The van der Waals surface area contributed by atoms with Crippen molar-refractivity contribution >= 4 is 11.3 Å². The monoisotopic (exact) mass is 324 g/mol. The molecule has 1 spiro atoms. The minimum Gasteiger partial charge on any atom is -0.377 e. The van der Waals surface area contributed by atoms with E-state index in [4.69, 9.17) is 9.47 Å². The highest BCUT2D eigenvalue weighted by molar-refractivity contribution is 7.09. The standard InChI is InChI=1S/C17H28N2O2S/c1-14(2)19-7-8-20-13-17(12-19)6-5-15(21-17)10-18-11-16-4-3-9-22-16/h3-4,9,14-15,18H,5-8,10-13H2,1-2H3. The molecular weight excluding hydrogens is 296 g/mol. The van der Waals surface area contributed by atoms with Crippen molar-refractivity contribution in [2.75, 3.05) is 32.8 Å². The van der Waals surface area contributed by atoms with Crippen LogP contribution in [0.2, 0.25) is 0 Å². The molecule has 3 rings (SSSR count). The quantitative estimate of drug-likeness (QED) is 0.902. The fraction of sp³-hybridized carbons (Fsp3) is 0.765. The van der Waals surface area contributed by atoms with E-state index in [1.807, 2.05) is 0 Å². The molecule has 0 radical (unpaired) electrons. The highest BCUT2D eigenvalue weighted by atomic mass is 32.1. The van der Waals surface area contributed by atoms with E-state index in [1.54, 1.807) is 11.3 Å². The second-order valence-electron chi connectivity index (χ2n) is 6.79. The largest absolute Gasteiger partial charge is 0.377 e. The number of nitrogens with one attached hydrogen (secondary N) is 1. The van der Waals surface area contributed by atoms with Crippen molar-refractivity contribution in [2.45, 2.75) is 51.0 Å². The topological polar surface area (TPSA) is 33.7 Å². The maximum absolute atomic E-state index is 6.44. The van der Waals surface area contributed by atoms with Crippen LogP contribution in [0.3, 0.4) is 0 Å². The van der Waals surface area contributed by atoms with Gasteiger partial charge < -0.3 is 14.8 Å². The molecule has 2 saturated heterocycles. The molecule has 124 valence electrons. The average Bonchev–Trinajstić information content (AvgIpc) is 3.07. The fourth-order valence-electron chi connectivity index (χ4n) is 3.41. The van der Waals surface area contributed by atoms with Crippen LogP contribution in [0.25, 0.3) is 0 Å². The number of nitrogens with zero attached hydrogens (tertiary/aromatic N) is 1. The molecule has 1 aromatic heterocycles. The van der Waals surface area contributed by atoms with Gasteiger partial charge in [0.25, 0.3) is 0 Å². The molecule has 5 heteroatoms. The third-order valence-corrected chi connectivity index (χ3v) is 5.58. The van der Waals surface area contributed by atoms with Gasteiger partial charge in [0.2, 0.25) is 0 Å². The van der Waals surface area contributed by atoms with E-state index in [0.717, 1.165) is 52.2 Å². The van der Waals surface area contributed by atoms with Gasteiger partial charge in [-0.1, -0.05) is 6.07 Å². The molecule has 3 heterocycles. The summed E-state index contributed by atoms with van der Waals surface area (Å²) in [6.07, 6.45) is 2.56. The second kappa shape index (κ2) is 7.41. The van der Waals surface area contributed by atoms with Crippen molar-refractivity contribution in [1.29, 1.82) is 0 Å². The Morgan fingerprint density at radius 1 is 1.50 bits per heavy atom. The lowest BCUT2D eigenvalue weighted by molar-refractivity contribution is -0.0866. The van der Waals surface area contributed by atoms with Crippen LogP contribution in [0.15, 0.2) is 17.5 Å².